The highest BCUT2D eigenvalue weighted by Crippen LogP contribution is 2.60. The van der Waals surface area contributed by atoms with Crippen LogP contribution in [0.5, 0.6) is 0 Å². The van der Waals surface area contributed by atoms with Gasteiger partial charge in [-0.2, -0.15) is 4.98 Å². The minimum atomic E-state index is 0.242. The van der Waals surface area contributed by atoms with Crippen molar-refractivity contribution in [3.8, 4) is 0 Å². The average Bonchev–Trinajstić information content (AvgIpc) is 2.76. The zero-order chi connectivity index (χ0) is 11.5. The van der Waals surface area contributed by atoms with Gasteiger partial charge < -0.3 is 10.3 Å². The Morgan fingerprint density at radius 2 is 1.71 bits per heavy atom. The number of rotatable bonds is 2. The molecule has 0 spiro atoms. The first-order valence-electron chi connectivity index (χ1n) is 6.80. The Morgan fingerprint density at radius 3 is 2.18 bits per heavy atom. The van der Waals surface area contributed by atoms with Crippen molar-refractivity contribution in [2.45, 2.75) is 50.5 Å². The van der Waals surface area contributed by atoms with E-state index in [4.69, 9.17) is 10.3 Å². The fourth-order valence-electron chi connectivity index (χ4n) is 4.94. The maximum atomic E-state index is 5.56. The summed E-state index contributed by atoms with van der Waals surface area (Å²) < 4.78 is 5.22. The van der Waals surface area contributed by atoms with Gasteiger partial charge >= 0.3 is 0 Å². The number of nitrogens with zero attached hydrogens (tertiary/aromatic N) is 2. The van der Waals surface area contributed by atoms with Crippen LogP contribution in [0.15, 0.2) is 4.52 Å². The second kappa shape index (κ2) is 3.31. The molecule has 4 heteroatoms. The summed E-state index contributed by atoms with van der Waals surface area (Å²) in [5.74, 6) is 4.30. The van der Waals surface area contributed by atoms with Crippen molar-refractivity contribution in [1.82, 2.24) is 10.1 Å². The minimum Gasteiger partial charge on any atom is -0.338 e. The molecule has 1 aromatic heterocycles. The quantitative estimate of drug-likeness (QED) is 0.848. The summed E-state index contributed by atoms with van der Waals surface area (Å²) in [7, 11) is 0. The summed E-state index contributed by atoms with van der Waals surface area (Å²) in [4.78, 5) is 4.52. The van der Waals surface area contributed by atoms with Gasteiger partial charge in [0.05, 0.1) is 6.54 Å². The van der Waals surface area contributed by atoms with Crippen molar-refractivity contribution in [1.29, 1.82) is 0 Å². The Balaban J connectivity index is 1.72. The molecule has 0 unspecified atom stereocenters. The van der Waals surface area contributed by atoms with E-state index in [-0.39, 0.29) is 5.41 Å². The first-order valence-corrected chi connectivity index (χ1v) is 6.80. The largest absolute Gasteiger partial charge is 0.338 e. The standard InChI is InChI=1S/C13H19N3O/c14-7-11-15-12(16-17-11)13-4-8-1-9(5-13)3-10(2-8)6-13/h8-10H,1-7,14H2. The van der Waals surface area contributed by atoms with E-state index in [9.17, 15) is 0 Å². The topological polar surface area (TPSA) is 64.9 Å². The molecule has 4 saturated carbocycles. The Bertz CT molecular complexity index is 404. The van der Waals surface area contributed by atoms with Crippen LogP contribution in [-0.2, 0) is 12.0 Å². The molecule has 4 aliphatic carbocycles. The van der Waals surface area contributed by atoms with Crippen LogP contribution in [0.25, 0.3) is 0 Å². The van der Waals surface area contributed by atoms with Crippen molar-refractivity contribution in [2.75, 3.05) is 0 Å². The lowest BCUT2D eigenvalue weighted by Crippen LogP contribution is -2.49. The first kappa shape index (κ1) is 10.1. The molecule has 0 radical (unpaired) electrons. The molecule has 4 fully saturated rings. The first-order chi connectivity index (χ1) is 8.27. The third kappa shape index (κ3) is 1.39. The molecule has 1 heterocycles. The molecule has 0 atom stereocenters. The van der Waals surface area contributed by atoms with E-state index in [1.807, 2.05) is 0 Å². The molecule has 4 aliphatic rings. The van der Waals surface area contributed by atoms with Crippen LogP contribution in [0.3, 0.4) is 0 Å². The van der Waals surface area contributed by atoms with Crippen LogP contribution >= 0.6 is 0 Å². The predicted octanol–water partition coefficient (Wildman–Crippen LogP) is 2.00. The second-order valence-corrected chi connectivity index (χ2v) is 6.41. The lowest BCUT2D eigenvalue weighted by molar-refractivity contribution is -0.0103. The Labute approximate surface area is 101 Å². The fourth-order valence-corrected chi connectivity index (χ4v) is 4.94. The highest BCUT2D eigenvalue weighted by molar-refractivity contribution is 5.16. The Hall–Kier alpha value is -0.900. The number of aromatic nitrogens is 2. The molecule has 0 saturated heterocycles. The van der Waals surface area contributed by atoms with E-state index in [0.29, 0.717) is 12.4 Å². The normalized spacial score (nSPS) is 43.2. The van der Waals surface area contributed by atoms with Gasteiger partial charge in [0.25, 0.3) is 0 Å². The van der Waals surface area contributed by atoms with Crippen molar-refractivity contribution < 1.29 is 4.52 Å². The predicted molar refractivity (Wildman–Crippen MR) is 62.0 cm³/mol. The lowest BCUT2D eigenvalue weighted by Gasteiger charge is -2.55. The van der Waals surface area contributed by atoms with Crippen molar-refractivity contribution in [2.24, 2.45) is 23.5 Å². The molecular weight excluding hydrogens is 214 g/mol. The maximum absolute atomic E-state index is 5.56. The maximum Gasteiger partial charge on any atom is 0.240 e. The summed E-state index contributed by atoms with van der Waals surface area (Å²) in [6.07, 6.45) is 8.18. The Morgan fingerprint density at radius 1 is 1.12 bits per heavy atom. The molecule has 0 amide bonds. The van der Waals surface area contributed by atoms with Gasteiger partial charge in [-0.15, -0.1) is 0 Å². The van der Waals surface area contributed by atoms with Gasteiger partial charge in [0.2, 0.25) is 5.89 Å². The van der Waals surface area contributed by atoms with E-state index in [2.05, 4.69) is 10.1 Å². The van der Waals surface area contributed by atoms with Gasteiger partial charge in [-0.25, -0.2) is 0 Å². The van der Waals surface area contributed by atoms with Crippen LogP contribution in [0.1, 0.15) is 50.2 Å². The van der Waals surface area contributed by atoms with Crippen LogP contribution in [0.2, 0.25) is 0 Å². The monoisotopic (exact) mass is 233 g/mol. The lowest BCUT2D eigenvalue weighted by atomic mass is 9.49. The zero-order valence-electron chi connectivity index (χ0n) is 10.1. The third-order valence-electron chi connectivity index (χ3n) is 5.16. The van der Waals surface area contributed by atoms with Gasteiger partial charge in [0, 0.05) is 5.41 Å². The summed E-state index contributed by atoms with van der Waals surface area (Å²) in [6.45, 7) is 0.360. The van der Waals surface area contributed by atoms with Gasteiger partial charge in [-0.05, 0) is 56.3 Å². The molecular formula is C13H19N3O. The summed E-state index contributed by atoms with van der Waals surface area (Å²) in [6, 6.07) is 0. The van der Waals surface area contributed by atoms with Gasteiger partial charge in [-0.1, -0.05) is 5.16 Å². The SMILES string of the molecule is NCc1nc(C23CC4CC(CC(C4)C2)C3)no1. The third-order valence-corrected chi connectivity index (χ3v) is 5.16. The van der Waals surface area contributed by atoms with E-state index in [1.54, 1.807) is 0 Å². The van der Waals surface area contributed by atoms with Gasteiger partial charge in [0.1, 0.15) is 0 Å². The highest BCUT2D eigenvalue weighted by Gasteiger charge is 2.53. The zero-order valence-corrected chi connectivity index (χ0v) is 10.1. The van der Waals surface area contributed by atoms with Crippen molar-refractivity contribution in [3.05, 3.63) is 11.7 Å². The van der Waals surface area contributed by atoms with Crippen molar-refractivity contribution in [3.63, 3.8) is 0 Å². The molecule has 5 rings (SSSR count). The summed E-state index contributed by atoms with van der Waals surface area (Å²) >= 11 is 0. The molecule has 92 valence electrons. The van der Waals surface area contributed by atoms with E-state index in [1.165, 1.54) is 38.5 Å². The van der Waals surface area contributed by atoms with Crippen LogP contribution in [-0.4, -0.2) is 10.1 Å². The average molecular weight is 233 g/mol. The van der Waals surface area contributed by atoms with Crippen LogP contribution in [0, 0.1) is 17.8 Å². The van der Waals surface area contributed by atoms with E-state index >= 15 is 0 Å². The van der Waals surface area contributed by atoms with E-state index in [0.717, 1.165) is 23.6 Å². The number of nitrogens with two attached hydrogens (primary N) is 1. The molecule has 4 nitrogen and oxygen atoms in total. The van der Waals surface area contributed by atoms with E-state index < -0.39 is 0 Å². The molecule has 1 aromatic rings. The number of hydrogen-bond donors (Lipinski definition) is 1. The highest BCUT2D eigenvalue weighted by atomic mass is 16.5. The molecule has 2 N–H and O–H groups in total. The molecule has 4 bridgehead atoms. The van der Waals surface area contributed by atoms with Crippen LogP contribution < -0.4 is 5.73 Å². The number of hydrogen-bond acceptors (Lipinski definition) is 4. The summed E-state index contributed by atoms with van der Waals surface area (Å²) in [5.41, 5.74) is 5.80. The molecule has 17 heavy (non-hydrogen) atoms. The van der Waals surface area contributed by atoms with Crippen LogP contribution in [0.4, 0.5) is 0 Å². The van der Waals surface area contributed by atoms with Gasteiger partial charge in [-0.3, -0.25) is 0 Å². The summed E-state index contributed by atoms with van der Waals surface area (Å²) in [5, 5.41) is 4.21. The van der Waals surface area contributed by atoms with Crippen molar-refractivity contribution >= 4 is 0 Å². The fraction of sp³-hybridized carbons (Fsp3) is 0.846. The molecule has 0 aliphatic heterocycles. The Kier molecular flexibility index (Phi) is 1.96. The smallest absolute Gasteiger partial charge is 0.240 e. The second-order valence-electron chi connectivity index (χ2n) is 6.41. The van der Waals surface area contributed by atoms with Gasteiger partial charge in [0.15, 0.2) is 5.82 Å². The minimum absolute atomic E-state index is 0.242. The molecule has 0 aromatic carbocycles.